The summed E-state index contributed by atoms with van der Waals surface area (Å²) < 4.78 is 5.80. The van der Waals surface area contributed by atoms with Crippen molar-refractivity contribution in [3.05, 3.63) is 47.9 Å². The second-order valence-electron chi connectivity index (χ2n) is 4.52. The average Bonchev–Trinajstić information content (AvgIpc) is 2.46. The van der Waals surface area contributed by atoms with Crippen LogP contribution in [0.5, 0.6) is 5.75 Å². The monoisotopic (exact) mass is 268 g/mol. The van der Waals surface area contributed by atoms with Gasteiger partial charge in [-0.05, 0) is 31.5 Å². The van der Waals surface area contributed by atoms with Crippen molar-refractivity contribution in [2.24, 2.45) is 0 Å². The van der Waals surface area contributed by atoms with E-state index in [0.717, 1.165) is 5.75 Å². The molecule has 0 amide bonds. The third kappa shape index (κ3) is 3.95. The van der Waals surface area contributed by atoms with Crippen molar-refractivity contribution in [1.29, 1.82) is 5.26 Å². The lowest BCUT2D eigenvalue weighted by atomic mass is 10.2. The number of aryl methyl sites for hydroxylation is 1. The largest absolute Gasteiger partial charge is 0.489 e. The predicted octanol–water partition coefficient (Wildman–Crippen LogP) is 2.54. The zero-order valence-electron chi connectivity index (χ0n) is 11.5. The van der Waals surface area contributed by atoms with Crippen LogP contribution in [0, 0.1) is 18.3 Å². The lowest BCUT2D eigenvalue weighted by Crippen LogP contribution is -2.23. The van der Waals surface area contributed by atoms with Gasteiger partial charge in [0, 0.05) is 0 Å². The summed E-state index contributed by atoms with van der Waals surface area (Å²) in [7, 11) is 0. The highest BCUT2D eigenvalue weighted by Crippen LogP contribution is 2.14. The normalized spacial score (nSPS) is 11.4. The van der Waals surface area contributed by atoms with E-state index in [1.165, 1.54) is 18.0 Å². The summed E-state index contributed by atoms with van der Waals surface area (Å²) in [6.07, 6.45) is 2.97. The fraction of sp³-hybridized carbons (Fsp3) is 0.267. The van der Waals surface area contributed by atoms with Gasteiger partial charge in [0.15, 0.2) is 5.69 Å². The van der Waals surface area contributed by atoms with Crippen LogP contribution in [0.1, 0.15) is 18.2 Å². The third-order valence-corrected chi connectivity index (χ3v) is 2.66. The minimum absolute atomic E-state index is 0.00533. The van der Waals surface area contributed by atoms with Crippen LogP contribution < -0.4 is 10.1 Å². The van der Waals surface area contributed by atoms with Crippen LogP contribution in [0.15, 0.2) is 36.7 Å². The number of anilines is 1. The van der Waals surface area contributed by atoms with Gasteiger partial charge in [0.05, 0.1) is 18.9 Å². The van der Waals surface area contributed by atoms with E-state index in [2.05, 4.69) is 15.3 Å². The van der Waals surface area contributed by atoms with Crippen LogP contribution in [0.4, 0.5) is 5.82 Å². The molecule has 0 bridgehead atoms. The number of nitriles is 1. The number of nitrogens with one attached hydrogen (secondary N) is 1. The van der Waals surface area contributed by atoms with Crippen LogP contribution in [0.25, 0.3) is 0 Å². The van der Waals surface area contributed by atoms with E-state index >= 15 is 0 Å². The fourth-order valence-electron chi connectivity index (χ4n) is 1.69. The molecule has 0 spiro atoms. The molecule has 0 aliphatic carbocycles. The fourth-order valence-corrected chi connectivity index (χ4v) is 1.69. The van der Waals surface area contributed by atoms with Crippen molar-refractivity contribution in [1.82, 2.24) is 9.97 Å². The summed E-state index contributed by atoms with van der Waals surface area (Å²) in [6, 6.07) is 9.86. The SMILES string of the molecule is Cc1cccc(OC(C)CNc2cnc(C#N)cn2)c1. The first-order valence-corrected chi connectivity index (χ1v) is 6.36. The van der Waals surface area contributed by atoms with Gasteiger partial charge in [-0.2, -0.15) is 5.26 Å². The van der Waals surface area contributed by atoms with E-state index in [1.807, 2.05) is 44.2 Å². The van der Waals surface area contributed by atoms with Crippen LogP contribution >= 0.6 is 0 Å². The van der Waals surface area contributed by atoms with E-state index < -0.39 is 0 Å². The van der Waals surface area contributed by atoms with E-state index in [9.17, 15) is 0 Å². The molecule has 1 aromatic heterocycles. The first-order chi connectivity index (χ1) is 9.67. The molecule has 102 valence electrons. The zero-order valence-corrected chi connectivity index (χ0v) is 11.5. The Morgan fingerprint density at radius 3 is 2.85 bits per heavy atom. The molecule has 2 rings (SSSR count). The second-order valence-corrected chi connectivity index (χ2v) is 4.52. The van der Waals surface area contributed by atoms with Crippen LogP contribution in [-0.4, -0.2) is 22.6 Å². The summed E-state index contributed by atoms with van der Waals surface area (Å²) in [5.74, 6) is 1.48. The average molecular weight is 268 g/mol. The number of hydrogen-bond acceptors (Lipinski definition) is 5. The number of aromatic nitrogens is 2. The number of hydrogen-bond donors (Lipinski definition) is 1. The van der Waals surface area contributed by atoms with Gasteiger partial charge in [0.2, 0.25) is 0 Å². The van der Waals surface area contributed by atoms with Gasteiger partial charge in [-0.3, -0.25) is 0 Å². The lowest BCUT2D eigenvalue weighted by molar-refractivity contribution is 0.234. The smallest absolute Gasteiger partial charge is 0.158 e. The molecule has 1 atom stereocenters. The molecule has 0 fully saturated rings. The maximum absolute atomic E-state index is 8.64. The highest BCUT2D eigenvalue weighted by Gasteiger charge is 2.05. The molecular weight excluding hydrogens is 252 g/mol. The molecule has 5 heteroatoms. The van der Waals surface area contributed by atoms with Crippen molar-refractivity contribution >= 4 is 5.82 Å². The van der Waals surface area contributed by atoms with E-state index in [0.29, 0.717) is 18.1 Å². The summed E-state index contributed by atoms with van der Waals surface area (Å²) in [4.78, 5) is 8.03. The molecule has 1 N–H and O–H groups in total. The molecule has 1 heterocycles. The van der Waals surface area contributed by atoms with Crippen LogP contribution in [0.2, 0.25) is 0 Å². The highest BCUT2D eigenvalue weighted by molar-refractivity contribution is 5.33. The standard InChI is InChI=1S/C15H16N4O/c1-11-4-3-5-14(6-11)20-12(2)8-18-15-10-17-13(7-16)9-19-15/h3-6,9-10,12H,8H2,1-2H3,(H,18,19). The minimum Gasteiger partial charge on any atom is -0.489 e. The highest BCUT2D eigenvalue weighted by atomic mass is 16.5. The van der Waals surface area contributed by atoms with Crippen molar-refractivity contribution in [2.45, 2.75) is 20.0 Å². The Labute approximate surface area is 118 Å². The molecule has 0 aliphatic rings. The predicted molar refractivity (Wildman–Crippen MR) is 76.5 cm³/mol. The van der Waals surface area contributed by atoms with Gasteiger partial charge in [-0.15, -0.1) is 0 Å². The molecule has 0 saturated carbocycles. The molecule has 5 nitrogen and oxygen atoms in total. The maximum atomic E-state index is 8.64. The molecule has 0 aliphatic heterocycles. The van der Waals surface area contributed by atoms with Crippen molar-refractivity contribution in [2.75, 3.05) is 11.9 Å². The molecule has 0 saturated heterocycles. The maximum Gasteiger partial charge on any atom is 0.158 e. The van der Waals surface area contributed by atoms with Gasteiger partial charge in [-0.1, -0.05) is 12.1 Å². The minimum atomic E-state index is -0.00533. The second kappa shape index (κ2) is 6.53. The molecule has 1 aromatic carbocycles. The third-order valence-electron chi connectivity index (χ3n) is 2.66. The Bertz CT molecular complexity index is 604. The zero-order chi connectivity index (χ0) is 14.4. The molecule has 2 aromatic rings. The van der Waals surface area contributed by atoms with Crippen LogP contribution in [0.3, 0.4) is 0 Å². The Kier molecular flexibility index (Phi) is 4.51. The van der Waals surface area contributed by atoms with Gasteiger partial charge in [0.1, 0.15) is 23.7 Å². The van der Waals surface area contributed by atoms with Crippen LogP contribution in [-0.2, 0) is 0 Å². The Morgan fingerprint density at radius 1 is 1.35 bits per heavy atom. The topological polar surface area (TPSA) is 70.8 Å². The number of rotatable bonds is 5. The first-order valence-electron chi connectivity index (χ1n) is 6.36. The van der Waals surface area contributed by atoms with Crippen molar-refractivity contribution in [3.8, 4) is 11.8 Å². The summed E-state index contributed by atoms with van der Waals surface area (Å²) in [5, 5.41) is 11.8. The van der Waals surface area contributed by atoms with E-state index in [1.54, 1.807) is 0 Å². The molecule has 1 unspecified atom stereocenters. The Balaban J connectivity index is 1.85. The Hall–Kier alpha value is -2.61. The van der Waals surface area contributed by atoms with E-state index in [-0.39, 0.29) is 6.10 Å². The number of ether oxygens (including phenoxy) is 1. The summed E-state index contributed by atoms with van der Waals surface area (Å²) in [5.41, 5.74) is 1.47. The van der Waals surface area contributed by atoms with Gasteiger partial charge in [0.25, 0.3) is 0 Å². The number of nitrogens with zero attached hydrogens (tertiary/aromatic N) is 3. The van der Waals surface area contributed by atoms with Gasteiger partial charge < -0.3 is 10.1 Å². The van der Waals surface area contributed by atoms with Crippen molar-refractivity contribution < 1.29 is 4.74 Å². The Morgan fingerprint density at radius 2 is 2.20 bits per heavy atom. The molecular formula is C15H16N4O. The lowest BCUT2D eigenvalue weighted by Gasteiger charge is -2.16. The van der Waals surface area contributed by atoms with Gasteiger partial charge in [-0.25, -0.2) is 9.97 Å². The quantitative estimate of drug-likeness (QED) is 0.902. The van der Waals surface area contributed by atoms with Gasteiger partial charge >= 0.3 is 0 Å². The molecule has 0 radical (unpaired) electrons. The molecule has 20 heavy (non-hydrogen) atoms. The summed E-state index contributed by atoms with van der Waals surface area (Å²) in [6.45, 7) is 4.61. The first kappa shape index (κ1) is 13.8. The van der Waals surface area contributed by atoms with E-state index in [4.69, 9.17) is 10.00 Å². The number of benzene rings is 1. The van der Waals surface area contributed by atoms with Crippen molar-refractivity contribution in [3.63, 3.8) is 0 Å². The summed E-state index contributed by atoms with van der Waals surface area (Å²) >= 11 is 0.